The number of hydrogen-bond acceptors (Lipinski definition) is 4. The lowest BCUT2D eigenvalue weighted by Crippen LogP contribution is -2.39. The second kappa shape index (κ2) is 14.5. The number of ether oxygens (including phenoxy) is 1. The zero-order valence-corrected chi connectivity index (χ0v) is 21.1. The van der Waals surface area contributed by atoms with Gasteiger partial charge in [0.1, 0.15) is 0 Å². The monoisotopic (exact) mass is 543 g/mol. The molecule has 7 nitrogen and oxygen atoms in total. The number of amides is 1. The minimum atomic E-state index is 0. The average Bonchev–Trinajstić information content (AvgIpc) is 2.99. The Hall–Kier alpha value is -1.55. The fourth-order valence-corrected chi connectivity index (χ4v) is 4.01. The molecule has 2 heterocycles. The molecule has 0 aliphatic carbocycles. The van der Waals surface area contributed by atoms with E-state index in [1.807, 2.05) is 4.90 Å². The van der Waals surface area contributed by atoms with Gasteiger partial charge in [0.05, 0.1) is 19.8 Å². The van der Waals surface area contributed by atoms with Gasteiger partial charge in [0.2, 0.25) is 5.91 Å². The number of carbonyl (C=O) groups is 1. The third-order valence-corrected chi connectivity index (χ3v) is 5.66. The van der Waals surface area contributed by atoms with Gasteiger partial charge in [0.15, 0.2) is 5.96 Å². The molecule has 2 N–H and O–H groups in total. The number of halogens is 1. The fraction of sp³-hybridized carbons (Fsp3) is 0.652. The Bertz CT molecular complexity index is 694. The fourth-order valence-electron chi connectivity index (χ4n) is 4.01. The zero-order chi connectivity index (χ0) is 21.0. The third-order valence-electron chi connectivity index (χ3n) is 5.66. The summed E-state index contributed by atoms with van der Waals surface area (Å²) in [6.45, 7) is 9.48. The molecule has 1 aromatic carbocycles. The van der Waals surface area contributed by atoms with Crippen LogP contribution in [0.3, 0.4) is 0 Å². The first kappa shape index (κ1) is 25.7. The Balaban J connectivity index is 0.00000341. The Kier molecular flexibility index (Phi) is 12.0. The molecule has 0 bridgehead atoms. The van der Waals surface area contributed by atoms with Gasteiger partial charge in [-0.3, -0.25) is 4.79 Å². The maximum atomic E-state index is 12.1. The molecule has 1 amide bonds. The maximum absolute atomic E-state index is 12.1. The van der Waals surface area contributed by atoms with Crippen LogP contribution in [0.4, 0.5) is 5.69 Å². The highest BCUT2D eigenvalue weighted by atomic mass is 127. The number of hydrogen-bond donors (Lipinski definition) is 2. The van der Waals surface area contributed by atoms with Gasteiger partial charge in [-0.25, -0.2) is 4.99 Å². The molecule has 174 valence electrons. The van der Waals surface area contributed by atoms with Crippen molar-refractivity contribution >= 4 is 41.5 Å². The standard InChI is InChI=1S/C23H37N5O2.HI/c1-2-24-23(25-12-8-14-28-13-7-3-4-11-22(28)29)26-19-20-9-5-6-10-21(20)27-15-17-30-18-16-27;/h5-6,9-10H,2-4,7-8,11-19H2,1H3,(H2,24,25,26);1H. The van der Waals surface area contributed by atoms with E-state index in [-0.39, 0.29) is 24.0 Å². The molecule has 1 aromatic rings. The number of aliphatic imine (C=N–C) groups is 1. The Morgan fingerprint density at radius 2 is 1.90 bits per heavy atom. The van der Waals surface area contributed by atoms with Crippen molar-refractivity contribution in [1.29, 1.82) is 0 Å². The van der Waals surface area contributed by atoms with Crippen molar-refractivity contribution in [2.24, 2.45) is 4.99 Å². The summed E-state index contributed by atoms with van der Waals surface area (Å²) in [7, 11) is 0. The molecular weight excluding hydrogens is 505 g/mol. The van der Waals surface area contributed by atoms with E-state index in [0.717, 1.165) is 77.7 Å². The molecule has 2 saturated heterocycles. The first-order valence-corrected chi connectivity index (χ1v) is 11.5. The maximum Gasteiger partial charge on any atom is 0.222 e. The first-order chi connectivity index (χ1) is 14.8. The van der Waals surface area contributed by atoms with Crippen molar-refractivity contribution in [2.45, 2.75) is 45.6 Å². The largest absolute Gasteiger partial charge is 0.378 e. The molecule has 3 rings (SSSR count). The molecule has 0 spiro atoms. The third kappa shape index (κ3) is 8.48. The second-order valence-corrected chi connectivity index (χ2v) is 7.90. The Labute approximate surface area is 204 Å². The number of anilines is 1. The van der Waals surface area contributed by atoms with Crippen molar-refractivity contribution in [2.75, 3.05) is 57.4 Å². The second-order valence-electron chi connectivity index (χ2n) is 7.90. The van der Waals surface area contributed by atoms with Crippen LogP contribution in [0.2, 0.25) is 0 Å². The van der Waals surface area contributed by atoms with Crippen LogP contribution >= 0.6 is 24.0 Å². The summed E-state index contributed by atoms with van der Waals surface area (Å²) in [5.74, 6) is 1.14. The minimum Gasteiger partial charge on any atom is -0.378 e. The highest BCUT2D eigenvalue weighted by Gasteiger charge is 2.16. The van der Waals surface area contributed by atoms with Gasteiger partial charge in [0, 0.05) is 51.4 Å². The summed E-state index contributed by atoms with van der Waals surface area (Å²) in [5.41, 5.74) is 2.48. The van der Waals surface area contributed by atoms with Crippen LogP contribution in [0.1, 0.15) is 44.6 Å². The molecular formula is C23H38IN5O2. The van der Waals surface area contributed by atoms with Crippen molar-refractivity contribution in [3.05, 3.63) is 29.8 Å². The molecule has 0 aromatic heterocycles. The lowest BCUT2D eigenvalue weighted by molar-refractivity contribution is -0.130. The number of likely N-dealkylation sites (tertiary alicyclic amines) is 1. The van der Waals surface area contributed by atoms with E-state index in [0.29, 0.717) is 18.9 Å². The average molecular weight is 543 g/mol. The highest BCUT2D eigenvalue weighted by molar-refractivity contribution is 14.0. The number of carbonyl (C=O) groups excluding carboxylic acids is 1. The van der Waals surface area contributed by atoms with Crippen LogP contribution in [0.25, 0.3) is 0 Å². The number of benzene rings is 1. The summed E-state index contributed by atoms with van der Waals surface area (Å²) in [6, 6.07) is 8.50. The van der Waals surface area contributed by atoms with E-state index in [1.54, 1.807) is 0 Å². The number of rotatable bonds is 8. The van der Waals surface area contributed by atoms with E-state index in [2.05, 4.69) is 46.7 Å². The number of para-hydroxylation sites is 1. The zero-order valence-electron chi connectivity index (χ0n) is 18.8. The lowest BCUT2D eigenvalue weighted by Gasteiger charge is -2.30. The summed E-state index contributed by atoms with van der Waals surface area (Å²) in [6.07, 6.45) is 4.98. The van der Waals surface area contributed by atoms with Crippen molar-refractivity contribution in [3.8, 4) is 0 Å². The topological polar surface area (TPSA) is 69.2 Å². The molecule has 0 saturated carbocycles. The SMILES string of the molecule is CCNC(=NCc1ccccc1N1CCOCC1)NCCCN1CCCCCC1=O.I. The summed E-state index contributed by atoms with van der Waals surface area (Å²) in [4.78, 5) is 21.3. The van der Waals surface area contributed by atoms with Gasteiger partial charge in [-0.05, 0) is 37.8 Å². The number of nitrogens with one attached hydrogen (secondary N) is 2. The van der Waals surface area contributed by atoms with Gasteiger partial charge in [-0.15, -0.1) is 24.0 Å². The van der Waals surface area contributed by atoms with E-state index in [9.17, 15) is 4.79 Å². The summed E-state index contributed by atoms with van der Waals surface area (Å²) in [5, 5.41) is 6.76. The Morgan fingerprint density at radius 3 is 2.71 bits per heavy atom. The molecule has 0 radical (unpaired) electrons. The minimum absolute atomic E-state index is 0. The van der Waals surface area contributed by atoms with Crippen molar-refractivity contribution in [3.63, 3.8) is 0 Å². The predicted molar refractivity (Wildman–Crippen MR) is 137 cm³/mol. The van der Waals surface area contributed by atoms with Crippen molar-refractivity contribution in [1.82, 2.24) is 15.5 Å². The Morgan fingerprint density at radius 1 is 1.10 bits per heavy atom. The van der Waals surface area contributed by atoms with Gasteiger partial charge < -0.3 is 25.2 Å². The van der Waals surface area contributed by atoms with Crippen LogP contribution in [0.15, 0.2) is 29.3 Å². The van der Waals surface area contributed by atoms with Gasteiger partial charge in [-0.2, -0.15) is 0 Å². The molecule has 2 aliphatic rings. The van der Waals surface area contributed by atoms with E-state index in [1.165, 1.54) is 17.7 Å². The molecule has 31 heavy (non-hydrogen) atoms. The molecule has 2 aliphatic heterocycles. The number of morpholine rings is 1. The predicted octanol–water partition coefficient (Wildman–Crippen LogP) is 2.99. The lowest BCUT2D eigenvalue weighted by atomic mass is 10.1. The van der Waals surface area contributed by atoms with E-state index >= 15 is 0 Å². The number of guanidine groups is 1. The molecule has 0 atom stereocenters. The van der Waals surface area contributed by atoms with E-state index < -0.39 is 0 Å². The first-order valence-electron chi connectivity index (χ1n) is 11.5. The molecule has 0 unspecified atom stereocenters. The van der Waals surface area contributed by atoms with Crippen molar-refractivity contribution < 1.29 is 9.53 Å². The smallest absolute Gasteiger partial charge is 0.222 e. The quantitative estimate of drug-likeness (QED) is 0.229. The van der Waals surface area contributed by atoms with Crippen LogP contribution in [-0.4, -0.2) is 69.2 Å². The summed E-state index contributed by atoms with van der Waals surface area (Å²) >= 11 is 0. The highest BCUT2D eigenvalue weighted by Crippen LogP contribution is 2.22. The van der Waals surface area contributed by atoms with Gasteiger partial charge in [0.25, 0.3) is 0 Å². The van der Waals surface area contributed by atoms with Gasteiger partial charge in [-0.1, -0.05) is 24.6 Å². The normalized spacial score (nSPS) is 17.7. The van der Waals surface area contributed by atoms with Gasteiger partial charge >= 0.3 is 0 Å². The summed E-state index contributed by atoms with van der Waals surface area (Å²) < 4.78 is 5.49. The van der Waals surface area contributed by atoms with E-state index in [4.69, 9.17) is 9.73 Å². The van der Waals surface area contributed by atoms with Crippen LogP contribution < -0.4 is 15.5 Å². The molecule has 8 heteroatoms. The van der Waals surface area contributed by atoms with Crippen LogP contribution in [0.5, 0.6) is 0 Å². The number of nitrogens with zero attached hydrogens (tertiary/aromatic N) is 3. The van der Waals surface area contributed by atoms with Crippen LogP contribution in [-0.2, 0) is 16.1 Å². The van der Waals surface area contributed by atoms with Crippen LogP contribution in [0, 0.1) is 0 Å². The molecule has 2 fully saturated rings.